The zero-order valence-corrected chi connectivity index (χ0v) is 14.9. The van der Waals surface area contributed by atoms with Crippen LogP contribution in [0.15, 0.2) is 0 Å². The van der Waals surface area contributed by atoms with Gasteiger partial charge >= 0.3 is 0 Å². The van der Waals surface area contributed by atoms with Crippen LogP contribution in [-0.4, -0.2) is 36.8 Å². The Labute approximate surface area is 140 Å². The minimum Gasteiger partial charge on any atom is -0.350 e. The zero-order valence-electron chi connectivity index (χ0n) is 14.1. The molecule has 1 amide bonds. The summed E-state index contributed by atoms with van der Waals surface area (Å²) in [6.07, 6.45) is 8.82. The van der Waals surface area contributed by atoms with Crippen molar-refractivity contribution in [3.8, 4) is 0 Å². The van der Waals surface area contributed by atoms with Gasteiger partial charge in [-0.2, -0.15) is 0 Å². The molecule has 1 fully saturated rings. The molecule has 1 aliphatic heterocycles. The van der Waals surface area contributed by atoms with E-state index in [9.17, 15) is 4.79 Å². The molecule has 0 saturated carbocycles. The predicted molar refractivity (Wildman–Crippen MR) is 90.2 cm³/mol. The molecule has 1 aliphatic rings. The highest BCUT2D eigenvalue weighted by atomic mass is 35.5. The quantitative estimate of drug-likeness (QED) is 0.459. The van der Waals surface area contributed by atoms with E-state index in [-0.39, 0.29) is 18.2 Å². The summed E-state index contributed by atoms with van der Waals surface area (Å²) in [5.41, 5.74) is 0. The van der Waals surface area contributed by atoms with Gasteiger partial charge in [0.25, 0.3) is 0 Å². The van der Waals surface area contributed by atoms with E-state index < -0.39 is 5.38 Å². The highest BCUT2D eigenvalue weighted by Gasteiger charge is 2.28. The van der Waals surface area contributed by atoms with Gasteiger partial charge < -0.3 is 14.8 Å². The third kappa shape index (κ3) is 7.80. The molecule has 0 aromatic heterocycles. The Bertz CT molecular complexity index is 296. The molecule has 1 N–H and O–H groups in total. The summed E-state index contributed by atoms with van der Waals surface area (Å²) in [5, 5.41) is 2.60. The van der Waals surface area contributed by atoms with Gasteiger partial charge in [-0.15, -0.1) is 11.6 Å². The number of alkyl halides is 1. The van der Waals surface area contributed by atoms with Gasteiger partial charge in [0.05, 0.1) is 19.3 Å². The SMILES string of the molecule is CCCCCC(Cl)C(=O)NC(CCCCC)C1OCCCO1. The molecule has 4 nitrogen and oxygen atoms in total. The number of carbonyl (C=O) groups is 1. The van der Waals surface area contributed by atoms with E-state index in [0.717, 1.165) is 57.8 Å². The van der Waals surface area contributed by atoms with E-state index in [1.165, 1.54) is 0 Å². The second kappa shape index (κ2) is 12.1. The Kier molecular flexibility index (Phi) is 10.9. The maximum Gasteiger partial charge on any atom is 0.238 e. The fourth-order valence-corrected chi connectivity index (χ4v) is 2.82. The number of amides is 1. The van der Waals surface area contributed by atoms with Crippen molar-refractivity contribution in [1.82, 2.24) is 5.32 Å². The number of unbranched alkanes of at least 4 members (excludes halogenated alkanes) is 4. The van der Waals surface area contributed by atoms with Crippen LogP contribution in [0, 0.1) is 0 Å². The minimum atomic E-state index is -0.455. The monoisotopic (exact) mass is 333 g/mol. The average molecular weight is 334 g/mol. The van der Waals surface area contributed by atoms with Crippen LogP contribution in [0.4, 0.5) is 0 Å². The molecule has 2 atom stereocenters. The predicted octanol–water partition coefficient (Wildman–Crippen LogP) is 4.00. The summed E-state index contributed by atoms with van der Waals surface area (Å²) in [7, 11) is 0. The summed E-state index contributed by atoms with van der Waals surface area (Å²) in [6.45, 7) is 5.71. The van der Waals surface area contributed by atoms with Crippen molar-refractivity contribution in [2.75, 3.05) is 13.2 Å². The highest BCUT2D eigenvalue weighted by Crippen LogP contribution is 2.16. The first-order chi connectivity index (χ1) is 10.7. The normalized spacial score (nSPS) is 18.9. The van der Waals surface area contributed by atoms with E-state index >= 15 is 0 Å². The van der Waals surface area contributed by atoms with Gasteiger partial charge in [-0.1, -0.05) is 52.4 Å². The van der Waals surface area contributed by atoms with E-state index in [1.54, 1.807) is 0 Å². The molecule has 1 heterocycles. The van der Waals surface area contributed by atoms with Crippen LogP contribution in [0.25, 0.3) is 0 Å². The van der Waals surface area contributed by atoms with Crippen LogP contribution in [-0.2, 0) is 14.3 Å². The van der Waals surface area contributed by atoms with E-state index in [0.29, 0.717) is 13.2 Å². The molecule has 0 aromatic rings. The first kappa shape index (κ1) is 19.7. The van der Waals surface area contributed by atoms with Gasteiger partial charge in [0.1, 0.15) is 5.38 Å². The Morgan fingerprint density at radius 3 is 2.27 bits per heavy atom. The molecular formula is C17H32ClNO3. The summed E-state index contributed by atoms with van der Waals surface area (Å²) in [6, 6.07) is -0.0909. The third-order valence-corrected chi connectivity index (χ3v) is 4.39. The van der Waals surface area contributed by atoms with E-state index in [2.05, 4.69) is 19.2 Å². The first-order valence-corrected chi connectivity index (χ1v) is 9.30. The van der Waals surface area contributed by atoms with Crippen molar-refractivity contribution in [2.24, 2.45) is 0 Å². The van der Waals surface area contributed by atoms with Gasteiger partial charge in [-0.3, -0.25) is 4.79 Å². The second-order valence-corrected chi connectivity index (χ2v) is 6.56. The standard InChI is InChI=1S/C17H32ClNO3/c1-3-5-7-10-14(18)16(20)19-15(11-8-6-4-2)17-21-12-9-13-22-17/h14-15,17H,3-13H2,1-2H3,(H,19,20). The van der Waals surface area contributed by atoms with E-state index in [4.69, 9.17) is 21.1 Å². The largest absolute Gasteiger partial charge is 0.350 e. The fourth-order valence-electron chi connectivity index (χ4n) is 2.61. The Hall–Kier alpha value is -0.320. The second-order valence-electron chi connectivity index (χ2n) is 6.04. The topological polar surface area (TPSA) is 47.6 Å². The number of rotatable bonds is 11. The van der Waals surface area contributed by atoms with Crippen molar-refractivity contribution in [2.45, 2.75) is 89.3 Å². The number of carbonyl (C=O) groups excluding carboxylic acids is 1. The maximum atomic E-state index is 12.3. The molecule has 0 bridgehead atoms. The van der Waals surface area contributed by atoms with Crippen molar-refractivity contribution >= 4 is 17.5 Å². The van der Waals surface area contributed by atoms with Crippen molar-refractivity contribution in [3.05, 3.63) is 0 Å². The molecule has 0 spiro atoms. The number of hydrogen-bond acceptors (Lipinski definition) is 3. The van der Waals surface area contributed by atoms with Crippen LogP contribution >= 0.6 is 11.6 Å². The Balaban J connectivity index is 2.44. The van der Waals surface area contributed by atoms with Crippen LogP contribution in [0.2, 0.25) is 0 Å². The summed E-state index contributed by atoms with van der Waals surface area (Å²) in [5.74, 6) is -0.0861. The first-order valence-electron chi connectivity index (χ1n) is 8.86. The molecule has 0 aromatic carbocycles. The van der Waals surface area contributed by atoms with Crippen molar-refractivity contribution < 1.29 is 14.3 Å². The van der Waals surface area contributed by atoms with E-state index in [1.807, 2.05) is 0 Å². The molecule has 1 saturated heterocycles. The molecule has 2 unspecified atom stereocenters. The summed E-state index contributed by atoms with van der Waals surface area (Å²) < 4.78 is 11.3. The third-order valence-electron chi connectivity index (χ3n) is 3.97. The lowest BCUT2D eigenvalue weighted by molar-refractivity contribution is -0.195. The van der Waals surface area contributed by atoms with Crippen LogP contribution < -0.4 is 5.32 Å². The van der Waals surface area contributed by atoms with Crippen LogP contribution in [0.3, 0.4) is 0 Å². The van der Waals surface area contributed by atoms with Crippen LogP contribution in [0.5, 0.6) is 0 Å². The lowest BCUT2D eigenvalue weighted by Gasteiger charge is -2.31. The molecule has 5 heteroatoms. The zero-order chi connectivity index (χ0) is 16.2. The highest BCUT2D eigenvalue weighted by molar-refractivity contribution is 6.30. The number of hydrogen-bond donors (Lipinski definition) is 1. The molecule has 130 valence electrons. The minimum absolute atomic E-state index is 0.0861. The molecule has 0 aliphatic carbocycles. The molecule has 1 rings (SSSR count). The average Bonchev–Trinajstić information content (AvgIpc) is 2.55. The van der Waals surface area contributed by atoms with Crippen molar-refractivity contribution in [3.63, 3.8) is 0 Å². The van der Waals surface area contributed by atoms with Gasteiger partial charge in [-0.25, -0.2) is 0 Å². The number of nitrogens with one attached hydrogen (secondary N) is 1. The number of ether oxygens (including phenoxy) is 2. The Morgan fingerprint density at radius 2 is 1.68 bits per heavy atom. The van der Waals surface area contributed by atoms with Gasteiger partial charge in [0, 0.05) is 0 Å². The summed E-state index contributed by atoms with van der Waals surface area (Å²) in [4.78, 5) is 12.3. The number of halogens is 1. The lowest BCUT2D eigenvalue weighted by atomic mass is 10.1. The van der Waals surface area contributed by atoms with Gasteiger partial charge in [-0.05, 0) is 19.3 Å². The van der Waals surface area contributed by atoms with Crippen LogP contribution in [0.1, 0.15) is 71.6 Å². The maximum absolute atomic E-state index is 12.3. The molecule has 0 radical (unpaired) electrons. The summed E-state index contributed by atoms with van der Waals surface area (Å²) >= 11 is 6.22. The lowest BCUT2D eigenvalue weighted by Crippen LogP contribution is -2.49. The smallest absolute Gasteiger partial charge is 0.238 e. The van der Waals surface area contributed by atoms with Gasteiger partial charge in [0.2, 0.25) is 5.91 Å². The fraction of sp³-hybridized carbons (Fsp3) is 0.941. The molecular weight excluding hydrogens is 302 g/mol. The van der Waals surface area contributed by atoms with Gasteiger partial charge in [0.15, 0.2) is 6.29 Å². The molecule has 22 heavy (non-hydrogen) atoms. The van der Waals surface area contributed by atoms with Crippen molar-refractivity contribution in [1.29, 1.82) is 0 Å². The Morgan fingerprint density at radius 1 is 1.09 bits per heavy atom.